The molecule has 1 spiro atoms. The van der Waals surface area contributed by atoms with Crippen LogP contribution in [0.25, 0.3) is 10.9 Å². The summed E-state index contributed by atoms with van der Waals surface area (Å²) in [6.45, 7) is 5.83. The van der Waals surface area contributed by atoms with Crippen LogP contribution in [0.2, 0.25) is 0 Å². The number of phenolic OH excluding ortho intramolecular Hbond substituents is 1. The molecule has 2 aromatic carbocycles. The SMILES string of the molecule is C=CCN1CC[C@]23c4c5ccc(O)c4O[C@H]2c2[nH]c4ccccc4c2C[C@@]3(OC)[C@@H]1C5. The molecule has 0 radical (unpaired) electrons. The van der Waals surface area contributed by atoms with Crippen molar-refractivity contribution in [3.8, 4) is 11.5 Å². The Hall–Kier alpha value is -2.76. The fourth-order valence-electron chi connectivity index (χ4n) is 7.47. The third-order valence-corrected chi connectivity index (χ3v) is 8.57. The van der Waals surface area contributed by atoms with Crippen LogP contribution in [0.15, 0.2) is 49.1 Å². The first-order valence-corrected chi connectivity index (χ1v) is 11.2. The molecule has 1 saturated heterocycles. The van der Waals surface area contributed by atoms with Gasteiger partial charge in [0.15, 0.2) is 17.6 Å². The number of aromatic amines is 1. The molecule has 31 heavy (non-hydrogen) atoms. The Balaban J connectivity index is 1.59. The number of benzene rings is 2. The predicted molar refractivity (Wildman–Crippen MR) is 119 cm³/mol. The molecular weight excluding hydrogens is 388 g/mol. The standard InChI is InChI=1S/C26H26N2O3/c1-3-11-28-12-10-25-21-15-8-9-19(29)23(21)31-24(25)22-17(14-26(25,30-2)20(28)13-15)16-6-4-5-7-18(16)27-22/h3-9,20,24,27,29H,1,10-14H2,2H3/t20-,24-,25-,26+/m0/s1. The Morgan fingerprint density at radius 1 is 1.32 bits per heavy atom. The number of likely N-dealkylation sites (tertiary alicyclic amines) is 1. The third-order valence-electron chi connectivity index (χ3n) is 8.57. The summed E-state index contributed by atoms with van der Waals surface area (Å²) in [5.74, 6) is 0.892. The Bertz CT molecular complexity index is 1260. The van der Waals surface area contributed by atoms with Crippen molar-refractivity contribution in [1.29, 1.82) is 0 Å². The number of para-hydroxylation sites is 1. The van der Waals surface area contributed by atoms with Gasteiger partial charge in [-0.2, -0.15) is 0 Å². The van der Waals surface area contributed by atoms with Crippen LogP contribution in [0.3, 0.4) is 0 Å². The van der Waals surface area contributed by atoms with Crippen molar-refractivity contribution in [2.24, 2.45) is 0 Å². The van der Waals surface area contributed by atoms with Gasteiger partial charge in [-0.3, -0.25) is 4.90 Å². The van der Waals surface area contributed by atoms with E-state index in [9.17, 15) is 5.11 Å². The van der Waals surface area contributed by atoms with Crippen LogP contribution < -0.4 is 4.74 Å². The van der Waals surface area contributed by atoms with Gasteiger partial charge in [-0.1, -0.05) is 30.3 Å². The van der Waals surface area contributed by atoms with Gasteiger partial charge in [0.25, 0.3) is 0 Å². The maximum Gasteiger partial charge on any atom is 0.166 e. The van der Waals surface area contributed by atoms with E-state index in [1.807, 2.05) is 13.2 Å². The highest BCUT2D eigenvalue weighted by molar-refractivity contribution is 5.86. The zero-order valence-electron chi connectivity index (χ0n) is 17.6. The van der Waals surface area contributed by atoms with Gasteiger partial charge < -0.3 is 19.6 Å². The summed E-state index contributed by atoms with van der Waals surface area (Å²) in [4.78, 5) is 6.22. The lowest BCUT2D eigenvalue weighted by atomic mass is 9.49. The molecule has 158 valence electrons. The van der Waals surface area contributed by atoms with Crippen LogP contribution in [0.4, 0.5) is 0 Å². The van der Waals surface area contributed by atoms with E-state index in [-0.39, 0.29) is 23.3 Å². The van der Waals surface area contributed by atoms with E-state index in [2.05, 4.69) is 46.8 Å². The number of aromatic nitrogens is 1. The Kier molecular flexibility index (Phi) is 3.30. The second-order valence-corrected chi connectivity index (χ2v) is 9.50. The largest absolute Gasteiger partial charge is 0.504 e. The highest BCUT2D eigenvalue weighted by atomic mass is 16.5. The minimum absolute atomic E-state index is 0.195. The number of H-pyrrole nitrogens is 1. The molecule has 0 saturated carbocycles. The van der Waals surface area contributed by atoms with Gasteiger partial charge in [0, 0.05) is 49.1 Å². The van der Waals surface area contributed by atoms with E-state index < -0.39 is 5.60 Å². The zero-order valence-corrected chi connectivity index (χ0v) is 17.6. The van der Waals surface area contributed by atoms with E-state index in [1.54, 1.807) is 6.07 Å². The number of phenols is 1. The number of hydrogen-bond acceptors (Lipinski definition) is 4. The lowest BCUT2D eigenvalue weighted by Gasteiger charge is -2.64. The average Bonchev–Trinajstić information content (AvgIpc) is 3.32. The van der Waals surface area contributed by atoms with Crippen molar-refractivity contribution < 1.29 is 14.6 Å². The molecule has 5 heteroatoms. The van der Waals surface area contributed by atoms with Gasteiger partial charge in [0.1, 0.15) is 5.60 Å². The first kappa shape index (κ1) is 17.9. The van der Waals surface area contributed by atoms with Gasteiger partial charge in [-0.25, -0.2) is 0 Å². The fourth-order valence-corrected chi connectivity index (χ4v) is 7.47. The summed E-state index contributed by atoms with van der Waals surface area (Å²) in [6, 6.07) is 12.6. The molecule has 3 aromatic rings. The van der Waals surface area contributed by atoms with Gasteiger partial charge >= 0.3 is 0 Å². The normalized spacial score (nSPS) is 32.4. The van der Waals surface area contributed by atoms with Gasteiger partial charge in [0.05, 0.1) is 11.1 Å². The molecular formula is C26H26N2O3. The molecule has 3 heterocycles. The van der Waals surface area contributed by atoms with Crippen molar-refractivity contribution in [1.82, 2.24) is 9.88 Å². The molecule has 7 rings (SSSR count). The van der Waals surface area contributed by atoms with E-state index in [4.69, 9.17) is 9.47 Å². The summed E-state index contributed by atoms with van der Waals surface area (Å²) in [5, 5.41) is 12.0. The van der Waals surface area contributed by atoms with Gasteiger partial charge in [-0.15, -0.1) is 6.58 Å². The summed E-state index contributed by atoms with van der Waals surface area (Å²) in [7, 11) is 1.87. The highest BCUT2D eigenvalue weighted by Crippen LogP contribution is 2.69. The van der Waals surface area contributed by atoms with Crippen molar-refractivity contribution in [2.75, 3.05) is 20.2 Å². The molecule has 1 fully saturated rings. The average molecular weight is 415 g/mol. The van der Waals surface area contributed by atoms with Crippen molar-refractivity contribution in [2.45, 2.75) is 42.4 Å². The first-order chi connectivity index (χ1) is 15.1. The minimum Gasteiger partial charge on any atom is -0.504 e. The molecule has 5 nitrogen and oxygen atoms in total. The van der Waals surface area contributed by atoms with Gasteiger partial charge in [-0.05, 0) is 36.1 Å². The molecule has 1 aromatic heterocycles. The number of nitrogens with one attached hydrogen (secondary N) is 1. The Morgan fingerprint density at radius 2 is 2.19 bits per heavy atom. The van der Waals surface area contributed by atoms with E-state index in [0.29, 0.717) is 5.75 Å². The first-order valence-electron chi connectivity index (χ1n) is 11.2. The smallest absolute Gasteiger partial charge is 0.166 e. The monoisotopic (exact) mass is 414 g/mol. The number of hydrogen-bond donors (Lipinski definition) is 2. The maximum atomic E-state index is 10.8. The van der Waals surface area contributed by atoms with Crippen LogP contribution in [0.1, 0.15) is 34.9 Å². The Labute approximate surface area is 181 Å². The topological polar surface area (TPSA) is 57.7 Å². The fraction of sp³-hybridized carbons (Fsp3) is 0.385. The number of fused-ring (bicyclic) bond motifs is 4. The predicted octanol–water partition coefficient (Wildman–Crippen LogP) is 4.00. The van der Waals surface area contributed by atoms with Crippen LogP contribution in [0, 0.1) is 0 Å². The minimum atomic E-state index is -0.428. The summed E-state index contributed by atoms with van der Waals surface area (Å²) >= 11 is 0. The lowest BCUT2D eigenvalue weighted by Crippen LogP contribution is -2.75. The number of rotatable bonds is 3. The van der Waals surface area contributed by atoms with Crippen molar-refractivity contribution >= 4 is 10.9 Å². The van der Waals surface area contributed by atoms with E-state index >= 15 is 0 Å². The second-order valence-electron chi connectivity index (χ2n) is 9.50. The molecule has 4 aliphatic rings. The van der Waals surface area contributed by atoms with Crippen molar-refractivity contribution in [3.63, 3.8) is 0 Å². The number of methoxy groups -OCH3 is 1. The van der Waals surface area contributed by atoms with E-state index in [0.717, 1.165) is 43.6 Å². The summed E-state index contributed by atoms with van der Waals surface area (Å²) in [5.41, 5.74) is 5.28. The maximum absolute atomic E-state index is 10.8. The highest BCUT2D eigenvalue weighted by Gasteiger charge is 2.73. The van der Waals surface area contributed by atoms with E-state index in [1.165, 1.54) is 22.1 Å². The van der Waals surface area contributed by atoms with Crippen LogP contribution in [0.5, 0.6) is 11.5 Å². The number of piperidine rings is 1. The lowest BCUT2D eigenvalue weighted by molar-refractivity contribution is -0.188. The molecule has 0 unspecified atom stereocenters. The summed E-state index contributed by atoms with van der Waals surface area (Å²) in [6.07, 6.45) is 4.45. The number of aromatic hydroxyl groups is 1. The quantitative estimate of drug-likeness (QED) is 0.636. The van der Waals surface area contributed by atoms with Crippen LogP contribution in [-0.2, 0) is 23.0 Å². The molecule has 0 amide bonds. The molecule has 2 N–H and O–H groups in total. The van der Waals surface area contributed by atoms with Crippen LogP contribution >= 0.6 is 0 Å². The Morgan fingerprint density at radius 3 is 3.03 bits per heavy atom. The molecule has 2 bridgehead atoms. The van der Waals surface area contributed by atoms with Crippen LogP contribution in [-0.4, -0.2) is 46.8 Å². The summed E-state index contributed by atoms with van der Waals surface area (Å²) < 4.78 is 13.3. The second kappa shape index (κ2) is 5.72. The molecule has 2 aliphatic carbocycles. The number of nitrogens with zero attached hydrogens (tertiary/aromatic N) is 1. The molecule has 2 aliphatic heterocycles. The van der Waals surface area contributed by atoms with Crippen molar-refractivity contribution in [3.05, 3.63) is 71.4 Å². The van der Waals surface area contributed by atoms with Gasteiger partial charge in [0.2, 0.25) is 0 Å². The third kappa shape index (κ3) is 1.84. The zero-order chi connectivity index (χ0) is 21.0. The molecule has 4 atom stereocenters. The number of ether oxygens (including phenoxy) is 2.